The molecule has 1 fully saturated rings. The highest BCUT2D eigenvalue weighted by Gasteiger charge is 2.43. The summed E-state index contributed by atoms with van der Waals surface area (Å²) in [7, 11) is 5.10. The van der Waals surface area contributed by atoms with E-state index in [0.29, 0.717) is 16.5 Å². The van der Waals surface area contributed by atoms with Crippen LogP contribution < -0.4 is 5.32 Å². The van der Waals surface area contributed by atoms with Crippen molar-refractivity contribution >= 4 is 29.4 Å². The number of esters is 1. The number of rotatable bonds is 13. The normalized spacial score (nSPS) is 17.4. The number of nitrogens with one attached hydrogen (secondary N) is 1. The Bertz CT molecular complexity index is 1700. The van der Waals surface area contributed by atoms with Crippen LogP contribution in [0, 0.1) is 5.92 Å². The third kappa shape index (κ3) is 11.9. The molecule has 0 aliphatic heterocycles. The number of nitrogens with zero attached hydrogens (tertiary/aromatic N) is 2. The number of carbonyl (C=O) groups is 3. The number of benzene rings is 3. The summed E-state index contributed by atoms with van der Waals surface area (Å²) in [5, 5.41) is 3.54. The molecule has 57 heavy (non-hydrogen) atoms. The number of likely N-dealkylation sites (N-methyl/N-ethyl adjacent to an activating group) is 3. The first kappa shape index (κ1) is 46.0. The summed E-state index contributed by atoms with van der Waals surface area (Å²) in [6.45, 7) is 9.30. The van der Waals surface area contributed by atoms with Gasteiger partial charge in [-0.2, -0.15) is 0 Å². The van der Waals surface area contributed by atoms with Gasteiger partial charge in [0, 0.05) is 41.9 Å². The molecule has 3 aromatic rings. The first-order valence-electron chi connectivity index (χ1n) is 21.6. The smallest absolute Gasteiger partial charge is 0.309 e. The van der Waals surface area contributed by atoms with E-state index in [4.69, 9.17) is 16.3 Å². The molecule has 2 amide bonds. The van der Waals surface area contributed by atoms with Gasteiger partial charge in [-0.15, -0.1) is 0 Å². The Kier molecular flexibility index (Phi) is 17.7. The molecule has 0 aromatic heterocycles. The topological polar surface area (TPSA) is 79.0 Å². The average molecular weight is 801 g/mol. The van der Waals surface area contributed by atoms with E-state index in [2.05, 4.69) is 29.6 Å². The van der Waals surface area contributed by atoms with Gasteiger partial charge in [0.25, 0.3) is 0 Å². The van der Waals surface area contributed by atoms with Crippen LogP contribution in [0.5, 0.6) is 0 Å². The van der Waals surface area contributed by atoms with Gasteiger partial charge in [0.15, 0.2) is 5.60 Å². The van der Waals surface area contributed by atoms with Gasteiger partial charge in [-0.25, -0.2) is 0 Å². The molecular formula is C49H70ClN3O4. The Balaban J connectivity index is 1.67. The number of hydrogen-bond donors (Lipinski definition) is 1. The van der Waals surface area contributed by atoms with Gasteiger partial charge in [0.2, 0.25) is 11.8 Å². The molecule has 0 radical (unpaired) electrons. The molecule has 1 N–H and O–H groups in total. The second-order valence-corrected chi connectivity index (χ2v) is 17.7. The van der Waals surface area contributed by atoms with E-state index in [1.807, 2.05) is 75.4 Å². The molecule has 1 aliphatic rings. The van der Waals surface area contributed by atoms with Gasteiger partial charge in [-0.3, -0.25) is 14.4 Å². The zero-order chi connectivity index (χ0) is 41.6. The van der Waals surface area contributed by atoms with E-state index >= 15 is 0 Å². The fourth-order valence-electron chi connectivity index (χ4n) is 8.50. The van der Waals surface area contributed by atoms with Crippen molar-refractivity contribution in [3.05, 3.63) is 106 Å². The summed E-state index contributed by atoms with van der Waals surface area (Å²) in [6, 6.07) is 24.9. The Morgan fingerprint density at radius 3 is 1.72 bits per heavy atom. The molecule has 1 aliphatic carbocycles. The minimum absolute atomic E-state index is 0.0636. The molecule has 3 atom stereocenters. The first-order chi connectivity index (χ1) is 27.2. The van der Waals surface area contributed by atoms with Crippen molar-refractivity contribution in [2.24, 2.45) is 5.92 Å². The van der Waals surface area contributed by atoms with Crippen LogP contribution in [0.3, 0.4) is 0 Å². The molecular weight excluding hydrogens is 730 g/mol. The van der Waals surface area contributed by atoms with Crippen LogP contribution in [0.4, 0.5) is 0 Å². The van der Waals surface area contributed by atoms with E-state index in [1.54, 1.807) is 39.9 Å². The van der Waals surface area contributed by atoms with Gasteiger partial charge in [0.05, 0.1) is 12.0 Å². The Morgan fingerprint density at radius 1 is 0.719 bits per heavy atom. The minimum Gasteiger partial charge on any atom is -0.444 e. The van der Waals surface area contributed by atoms with Gasteiger partial charge >= 0.3 is 5.97 Å². The van der Waals surface area contributed by atoms with Gasteiger partial charge in [-0.05, 0) is 64.1 Å². The number of ether oxygens (including phenoxy) is 1. The van der Waals surface area contributed by atoms with Gasteiger partial charge in [-0.1, -0.05) is 169 Å². The maximum Gasteiger partial charge on any atom is 0.309 e. The molecule has 0 bridgehead atoms. The van der Waals surface area contributed by atoms with E-state index in [1.165, 1.54) is 93.9 Å². The molecule has 3 aromatic carbocycles. The van der Waals surface area contributed by atoms with Crippen molar-refractivity contribution < 1.29 is 19.1 Å². The summed E-state index contributed by atoms with van der Waals surface area (Å²) in [6.07, 6.45) is 16.8. The standard InChI is InChI=1S/C49H70ClN3O4/c1-36(2)45(53(8)47(56)48(4,5)51-6)46(55)52(7)37(3)35-44(54)57-49(40-27-21-18-22-28-40,42-29-23-24-30-43(42)50)41-33-31-39(32-34-41)38-25-19-16-14-12-10-9-11-13-15-17-20-26-38/h18,21-24,27-34,36-38,45,51H,9-17,19-20,25-26,35H2,1-8H3/t37-,45+,49?/m1/s1. The van der Waals surface area contributed by atoms with Crippen LogP contribution >= 0.6 is 11.6 Å². The average Bonchev–Trinajstić information content (AvgIpc) is 3.20. The maximum atomic E-state index is 14.4. The monoisotopic (exact) mass is 800 g/mol. The number of halogens is 1. The SMILES string of the molecule is CNC(C)(C)C(=O)N(C)[C@H](C(=O)N(C)[C@H](C)CC(=O)OC(c1ccccc1)(c1ccc(C2CCCCCCCCCCCCC2)cc1)c1ccccc1Cl)C(C)C. The van der Waals surface area contributed by atoms with Gasteiger partial charge in [0.1, 0.15) is 6.04 Å². The highest BCUT2D eigenvalue weighted by atomic mass is 35.5. The Hall–Kier alpha value is -3.68. The molecule has 312 valence electrons. The van der Waals surface area contributed by atoms with E-state index in [0.717, 1.165) is 11.1 Å². The number of carbonyl (C=O) groups excluding carboxylic acids is 3. The third-order valence-corrected chi connectivity index (χ3v) is 12.7. The molecule has 0 saturated heterocycles. The fourth-order valence-corrected chi connectivity index (χ4v) is 8.77. The highest BCUT2D eigenvalue weighted by molar-refractivity contribution is 6.31. The number of amides is 2. The van der Waals surface area contributed by atoms with Crippen LogP contribution in [0.25, 0.3) is 0 Å². The lowest BCUT2D eigenvalue weighted by Gasteiger charge is -2.39. The van der Waals surface area contributed by atoms with E-state index in [-0.39, 0.29) is 24.2 Å². The Labute approximate surface area is 349 Å². The zero-order valence-corrected chi connectivity index (χ0v) is 36.9. The predicted molar refractivity (Wildman–Crippen MR) is 234 cm³/mol. The van der Waals surface area contributed by atoms with Crippen LogP contribution in [0.1, 0.15) is 153 Å². The summed E-state index contributed by atoms with van der Waals surface area (Å²) in [5.74, 6) is -0.565. The van der Waals surface area contributed by atoms with Crippen LogP contribution in [-0.4, -0.2) is 66.3 Å². The lowest BCUT2D eigenvalue weighted by Crippen LogP contribution is -2.59. The zero-order valence-electron chi connectivity index (χ0n) is 36.1. The maximum absolute atomic E-state index is 14.4. The molecule has 4 rings (SSSR count). The summed E-state index contributed by atoms with van der Waals surface area (Å²) < 4.78 is 6.80. The lowest BCUT2D eigenvalue weighted by atomic mass is 9.78. The molecule has 0 heterocycles. The van der Waals surface area contributed by atoms with Crippen molar-refractivity contribution in [2.45, 2.75) is 154 Å². The van der Waals surface area contributed by atoms with Crippen LogP contribution in [0.2, 0.25) is 5.02 Å². The quantitative estimate of drug-likeness (QED) is 0.138. The minimum atomic E-state index is -1.35. The van der Waals surface area contributed by atoms with E-state index in [9.17, 15) is 14.4 Å². The first-order valence-corrected chi connectivity index (χ1v) is 22.0. The molecule has 7 nitrogen and oxygen atoms in total. The summed E-state index contributed by atoms with van der Waals surface area (Å²) >= 11 is 7.03. The predicted octanol–water partition coefficient (Wildman–Crippen LogP) is 11.1. The van der Waals surface area contributed by atoms with Gasteiger partial charge < -0.3 is 19.9 Å². The molecule has 8 heteroatoms. The number of hydrogen-bond acceptors (Lipinski definition) is 5. The summed E-state index contributed by atoms with van der Waals surface area (Å²) in [4.78, 5) is 45.0. The second-order valence-electron chi connectivity index (χ2n) is 17.3. The second kappa shape index (κ2) is 21.9. The molecule has 1 saturated carbocycles. The van der Waals surface area contributed by atoms with Crippen LogP contribution in [-0.2, 0) is 24.7 Å². The van der Waals surface area contributed by atoms with Crippen molar-refractivity contribution in [3.8, 4) is 0 Å². The lowest BCUT2D eigenvalue weighted by molar-refractivity contribution is -0.156. The highest BCUT2D eigenvalue weighted by Crippen LogP contribution is 2.44. The van der Waals surface area contributed by atoms with Crippen molar-refractivity contribution in [2.75, 3.05) is 21.1 Å². The van der Waals surface area contributed by atoms with Crippen LogP contribution in [0.15, 0.2) is 78.9 Å². The van der Waals surface area contributed by atoms with Crippen molar-refractivity contribution in [3.63, 3.8) is 0 Å². The molecule has 1 unspecified atom stereocenters. The Morgan fingerprint density at radius 2 is 1.21 bits per heavy atom. The summed E-state index contributed by atoms with van der Waals surface area (Å²) in [5.41, 5.74) is 1.38. The third-order valence-electron chi connectivity index (χ3n) is 12.3. The molecule has 0 spiro atoms. The van der Waals surface area contributed by atoms with E-state index < -0.39 is 29.2 Å². The van der Waals surface area contributed by atoms with Crippen molar-refractivity contribution in [1.82, 2.24) is 15.1 Å². The fraction of sp³-hybridized carbons (Fsp3) is 0.571. The largest absolute Gasteiger partial charge is 0.444 e. The van der Waals surface area contributed by atoms with Crippen molar-refractivity contribution in [1.29, 1.82) is 0 Å².